The molecule has 5 heterocycles. The van der Waals surface area contributed by atoms with E-state index in [2.05, 4.69) is 28.2 Å². The van der Waals surface area contributed by atoms with Gasteiger partial charge in [-0.05, 0) is 159 Å². The first-order valence-corrected chi connectivity index (χ1v) is 42.0. The van der Waals surface area contributed by atoms with Crippen molar-refractivity contribution in [3.8, 4) is 11.5 Å². The van der Waals surface area contributed by atoms with Gasteiger partial charge in [0, 0.05) is 130 Å². The minimum atomic E-state index is -0.879. The van der Waals surface area contributed by atoms with Gasteiger partial charge in [0.2, 0.25) is 29.5 Å². The number of ketones is 3. The van der Waals surface area contributed by atoms with Gasteiger partial charge in [-0.25, -0.2) is 11.0 Å². The zero-order chi connectivity index (χ0) is 85.4. The third-order valence-electron chi connectivity index (χ3n) is 18.9. The number of ether oxygens (including phenoxy) is 11. The summed E-state index contributed by atoms with van der Waals surface area (Å²) < 4.78 is 59.5. The molecular weight excluding hydrogens is 1500 g/mol. The molecule has 2 aromatic rings. The number of Topliss-reactive ketones (excluding diaryl/α,β-unsaturated/α-hetero) is 3. The summed E-state index contributed by atoms with van der Waals surface area (Å²) in [5.74, 6) is -4.15. The fourth-order valence-corrected chi connectivity index (χ4v) is 13.0. The number of carbonyl (C=O) groups is 9. The summed E-state index contributed by atoms with van der Waals surface area (Å²) in [6.45, 7) is 34.6. The molecule has 5 amide bonds. The molecule has 1 saturated heterocycles. The lowest BCUT2D eigenvalue weighted by molar-refractivity contribution is -0.142. The largest absolute Gasteiger partial charge is 0.494 e. The topological polar surface area (TPSA) is 398 Å². The van der Waals surface area contributed by atoms with Gasteiger partial charge < -0.3 is 78.5 Å². The Balaban J connectivity index is 0.000000574. The molecule has 32 heteroatoms. The first-order valence-electron chi connectivity index (χ1n) is 42.0. The SMILES string of the molecule is CCCOCCOCC.CCOCCCNCCOCCOCCOCCCC(=O)[C@@H]1Cc2ccc(cc2)OCCC[C@H](C(=O)NO)[C@@H](CC(C)C)C(=O)N1.CCOCCOCCNC(=O)CN1CCN(CC(C)=O)CCN(CC(=O)O)CC1.COCCCC(=O)[C@@H]1Cc2ccc(cc2)OCCC[C@H](C(=O)NO)[C@@H](CC(C)C)C(=O)N1. The Labute approximate surface area is 689 Å². The number of hydroxylamine groups is 2. The Morgan fingerprint density at radius 3 is 1.29 bits per heavy atom. The highest BCUT2D eigenvalue weighted by molar-refractivity contribution is 5.93. The van der Waals surface area contributed by atoms with E-state index in [1.165, 1.54) is 0 Å². The third-order valence-corrected chi connectivity index (χ3v) is 18.9. The highest BCUT2D eigenvalue weighted by Gasteiger charge is 2.38. The van der Waals surface area contributed by atoms with Crippen molar-refractivity contribution in [2.45, 2.75) is 164 Å². The minimum Gasteiger partial charge on any atom is -0.494 e. The van der Waals surface area contributed by atoms with Gasteiger partial charge in [-0.1, -0.05) is 58.9 Å². The van der Waals surface area contributed by atoms with Crippen molar-refractivity contribution in [1.82, 2.24) is 46.9 Å². The van der Waals surface area contributed by atoms with E-state index in [1.807, 2.05) is 112 Å². The summed E-state index contributed by atoms with van der Waals surface area (Å²) in [5.41, 5.74) is 5.25. The Hall–Kier alpha value is -6.73. The van der Waals surface area contributed by atoms with E-state index in [4.69, 9.17) is 57.2 Å². The predicted octanol–water partition coefficient (Wildman–Crippen LogP) is 5.95. The van der Waals surface area contributed by atoms with E-state index in [-0.39, 0.29) is 72.8 Å². The molecule has 0 aliphatic carbocycles. The Morgan fingerprint density at radius 1 is 0.491 bits per heavy atom. The summed E-state index contributed by atoms with van der Waals surface area (Å²) in [7, 11) is 1.58. The highest BCUT2D eigenvalue weighted by atomic mass is 16.5. The van der Waals surface area contributed by atoms with Crippen LogP contribution >= 0.6 is 0 Å². The second-order valence-electron chi connectivity index (χ2n) is 29.6. The number of fused-ring (bicyclic) bond motifs is 22. The lowest BCUT2D eigenvalue weighted by Gasteiger charge is -2.29. The first kappa shape index (κ1) is 105. The number of carboxylic acid groups (broad SMARTS) is 1. The Kier molecular flexibility index (Phi) is 61.8. The maximum atomic E-state index is 13.6. The van der Waals surface area contributed by atoms with Crippen molar-refractivity contribution in [1.29, 1.82) is 0 Å². The lowest BCUT2D eigenvalue weighted by atomic mass is 9.81. The summed E-state index contributed by atoms with van der Waals surface area (Å²) in [4.78, 5) is 119. The molecule has 1 fully saturated rings. The number of nitrogens with one attached hydrogen (secondary N) is 6. The van der Waals surface area contributed by atoms with E-state index in [9.17, 15) is 53.6 Å². The van der Waals surface area contributed by atoms with Crippen LogP contribution in [0.25, 0.3) is 0 Å². The number of carboxylic acids is 1. The molecule has 0 aromatic heterocycles. The van der Waals surface area contributed by atoms with Crippen molar-refractivity contribution in [2.24, 2.45) is 35.5 Å². The molecule has 4 bridgehead atoms. The van der Waals surface area contributed by atoms with Crippen LogP contribution in [0, 0.1) is 35.5 Å². The number of hydrogen-bond donors (Lipinski definition) is 9. The van der Waals surface area contributed by atoms with Crippen LogP contribution < -0.4 is 41.7 Å². The number of amides is 5. The number of nitrogens with zero attached hydrogens (tertiary/aromatic N) is 3. The fraction of sp³-hybridized carbons (Fsp3) is 0.750. The number of benzene rings is 2. The molecular formula is C84H145N9O23. The fourth-order valence-electron chi connectivity index (χ4n) is 13.0. The van der Waals surface area contributed by atoms with Crippen molar-refractivity contribution in [3.63, 3.8) is 0 Å². The van der Waals surface area contributed by atoms with Crippen LogP contribution in [0.15, 0.2) is 48.5 Å². The van der Waals surface area contributed by atoms with Gasteiger partial charge in [-0.15, -0.1) is 0 Å². The van der Waals surface area contributed by atoms with Crippen LogP contribution in [0.2, 0.25) is 0 Å². The molecule has 116 heavy (non-hydrogen) atoms. The van der Waals surface area contributed by atoms with Gasteiger partial charge in [0.1, 0.15) is 17.3 Å². The van der Waals surface area contributed by atoms with E-state index in [0.717, 1.165) is 76.7 Å². The molecule has 5 aliphatic heterocycles. The zero-order valence-electron chi connectivity index (χ0n) is 71.4. The molecule has 9 N–H and O–H groups in total. The molecule has 0 radical (unpaired) electrons. The van der Waals surface area contributed by atoms with Gasteiger partial charge in [-0.3, -0.25) is 68.3 Å². The molecule has 6 atom stereocenters. The average molecular weight is 1650 g/mol. The number of carbonyl (C=O) groups excluding carboxylic acids is 8. The molecule has 0 spiro atoms. The molecule has 5 aliphatic rings. The summed E-state index contributed by atoms with van der Waals surface area (Å²) in [6.07, 6.45) is 7.03. The summed E-state index contributed by atoms with van der Waals surface area (Å²) in [5, 5.41) is 39.8. The van der Waals surface area contributed by atoms with Gasteiger partial charge in [0.15, 0.2) is 11.6 Å². The van der Waals surface area contributed by atoms with Crippen LogP contribution in [-0.2, 0) is 98.6 Å². The maximum absolute atomic E-state index is 13.6. The van der Waals surface area contributed by atoms with Gasteiger partial charge >= 0.3 is 5.97 Å². The summed E-state index contributed by atoms with van der Waals surface area (Å²) >= 11 is 0. The maximum Gasteiger partial charge on any atom is 0.317 e. The quantitative estimate of drug-likeness (QED) is 0.0210. The van der Waals surface area contributed by atoms with Gasteiger partial charge in [0.05, 0.1) is 123 Å². The smallest absolute Gasteiger partial charge is 0.317 e. The third kappa shape index (κ3) is 51.6. The van der Waals surface area contributed by atoms with Crippen LogP contribution in [0.3, 0.4) is 0 Å². The lowest BCUT2D eigenvalue weighted by Crippen LogP contribution is -2.49. The molecule has 2 aromatic carbocycles. The van der Waals surface area contributed by atoms with Crippen molar-refractivity contribution < 1.29 is 111 Å². The van der Waals surface area contributed by atoms with Crippen molar-refractivity contribution in [2.75, 3.05) is 211 Å². The number of aliphatic carboxylic acids is 1. The Morgan fingerprint density at radius 2 is 0.879 bits per heavy atom. The van der Waals surface area contributed by atoms with Gasteiger partial charge in [0.25, 0.3) is 0 Å². The second-order valence-corrected chi connectivity index (χ2v) is 29.6. The average Bonchev–Trinajstić information content (AvgIpc) is 0.919. The van der Waals surface area contributed by atoms with Crippen LogP contribution in [0.1, 0.15) is 150 Å². The first-order chi connectivity index (χ1) is 56.0. The van der Waals surface area contributed by atoms with E-state index in [1.54, 1.807) is 25.0 Å². The van der Waals surface area contributed by atoms with Crippen molar-refractivity contribution in [3.05, 3.63) is 59.7 Å². The number of rotatable bonds is 49. The normalized spacial score (nSPS) is 18.7. The molecule has 0 saturated carbocycles. The molecule has 0 unspecified atom stereocenters. The molecule has 32 nitrogen and oxygen atoms in total. The van der Waals surface area contributed by atoms with E-state index >= 15 is 0 Å². The second kappa shape index (κ2) is 68.1. The van der Waals surface area contributed by atoms with Crippen LogP contribution in [0.4, 0.5) is 0 Å². The number of hydrogen-bond acceptors (Lipinski definition) is 26. The minimum absolute atomic E-state index is 0.0486. The highest BCUT2D eigenvalue weighted by Crippen LogP contribution is 2.29. The Bertz CT molecular complexity index is 2910. The number of methoxy groups -OCH3 is 1. The summed E-state index contributed by atoms with van der Waals surface area (Å²) in [6, 6.07) is 13.5. The van der Waals surface area contributed by atoms with E-state index < -0.39 is 53.5 Å². The van der Waals surface area contributed by atoms with Gasteiger partial charge in [-0.2, -0.15) is 0 Å². The standard InChI is InChI=1S/C34H57N3O9.C24H36N2O6.C19H36N4O6.C7H16O2/c1-4-42-17-7-14-35-15-19-44-21-23-45-22-20-43-16-6-9-32(38)31-25-27-10-12-28(13-11-27)46-18-5-8-29(34(40)37-41)30(24-26(2)3)33(39)36-31;1-16(2)14-20-19(24(29)26-30)6-4-13-32-18-10-8-17(9-11-18)15-21(25-23(20)28)22(27)7-5-12-31-3;1-3-28-12-13-29-11-4-20-18(25)15-22-7-5-21(14-17(2)24)6-9-23(10-8-22)16-19(26)27;1-3-5-9-7-6-8-4-2/h10-13,26,29-31,35,41H,4-9,14-25H2,1-3H3,(H,36,39)(H,37,40);8-11,16,19-21,30H,4-7,12-15H2,1-3H3,(H,25,28)(H,26,29);3-16H2,1-2H3,(H,20,25)(H,26,27);3-7H2,1-2H3/t29-,30+,31-;19-,20+,21-;;/m00../s1. The predicted molar refractivity (Wildman–Crippen MR) is 439 cm³/mol. The zero-order valence-corrected chi connectivity index (χ0v) is 71.4. The molecule has 664 valence electrons. The van der Waals surface area contributed by atoms with E-state index in [0.29, 0.717) is 214 Å². The monoisotopic (exact) mass is 1650 g/mol. The van der Waals surface area contributed by atoms with Crippen LogP contribution in [-0.4, -0.2) is 306 Å². The molecule has 7 rings (SSSR count). The van der Waals surface area contributed by atoms with Crippen molar-refractivity contribution >= 4 is 52.9 Å². The van der Waals surface area contributed by atoms with Crippen LogP contribution in [0.5, 0.6) is 11.5 Å².